The predicted molar refractivity (Wildman–Crippen MR) is 56.9 cm³/mol. The van der Waals surface area contributed by atoms with E-state index in [1.807, 2.05) is 0 Å². The molecule has 17 heavy (non-hydrogen) atoms. The summed E-state index contributed by atoms with van der Waals surface area (Å²) in [6.07, 6.45) is -3.76. The maximum atomic E-state index is 9.72. The highest BCUT2D eigenvalue weighted by molar-refractivity contribution is 4.86. The molecule has 2 unspecified atom stereocenters. The summed E-state index contributed by atoms with van der Waals surface area (Å²) in [5.41, 5.74) is 8.08. The minimum Gasteiger partial charge on any atom is -0.394 e. The molecule has 8 heteroatoms. The lowest BCUT2D eigenvalue weighted by atomic mass is 9.92. The molecule has 8 nitrogen and oxygen atoms in total. The molecule has 0 aromatic heterocycles. The van der Waals surface area contributed by atoms with Crippen molar-refractivity contribution in [2.24, 2.45) is 11.0 Å². The van der Waals surface area contributed by atoms with Crippen molar-refractivity contribution in [2.75, 3.05) is 19.8 Å². The van der Waals surface area contributed by atoms with Crippen molar-refractivity contribution in [3.63, 3.8) is 0 Å². The van der Waals surface area contributed by atoms with Crippen molar-refractivity contribution < 1.29 is 24.8 Å². The van der Waals surface area contributed by atoms with Gasteiger partial charge in [-0.25, -0.2) is 0 Å². The Morgan fingerprint density at radius 2 is 2.12 bits per heavy atom. The molecule has 1 aliphatic rings. The molecular weight excluding hydrogens is 230 g/mol. The first-order chi connectivity index (χ1) is 8.11. The van der Waals surface area contributed by atoms with Gasteiger partial charge in [-0.1, -0.05) is 12.0 Å². The van der Waals surface area contributed by atoms with E-state index < -0.39 is 37.1 Å². The van der Waals surface area contributed by atoms with Gasteiger partial charge in [0.15, 0.2) is 6.29 Å². The third kappa shape index (κ3) is 3.53. The van der Waals surface area contributed by atoms with Gasteiger partial charge in [-0.3, -0.25) is 0 Å². The molecule has 0 radical (unpaired) electrons. The number of azide groups is 1. The molecule has 0 aliphatic carbocycles. The topological polar surface area (TPSA) is 128 Å². The minimum absolute atomic E-state index is 0.153. The highest BCUT2D eigenvalue weighted by Crippen LogP contribution is 2.26. The van der Waals surface area contributed by atoms with Crippen molar-refractivity contribution >= 4 is 0 Å². The van der Waals surface area contributed by atoms with Crippen LogP contribution < -0.4 is 0 Å². The SMILES string of the molecule is CC1[C@@H](OCCN=[N+]=[N-])OC(CO)[C@@H](O)[C@@H]1O. The number of rotatable bonds is 5. The molecule has 3 N–H and O–H groups in total. The van der Waals surface area contributed by atoms with Crippen LogP contribution in [0.5, 0.6) is 0 Å². The summed E-state index contributed by atoms with van der Waals surface area (Å²) in [5, 5.41) is 31.6. The van der Waals surface area contributed by atoms with Gasteiger partial charge in [-0.15, -0.1) is 0 Å². The summed E-state index contributed by atoms with van der Waals surface area (Å²) < 4.78 is 10.6. The van der Waals surface area contributed by atoms with E-state index in [-0.39, 0.29) is 13.2 Å². The number of hydrogen-bond acceptors (Lipinski definition) is 6. The van der Waals surface area contributed by atoms with Crippen LogP contribution >= 0.6 is 0 Å². The van der Waals surface area contributed by atoms with Crippen molar-refractivity contribution in [3.05, 3.63) is 10.4 Å². The second-order valence-electron chi connectivity index (χ2n) is 3.89. The van der Waals surface area contributed by atoms with Crippen molar-refractivity contribution in [2.45, 2.75) is 31.5 Å². The number of aliphatic hydroxyl groups excluding tert-OH is 3. The minimum atomic E-state index is -1.13. The first-order valence-corrected chi connectivity index (χ1v) is 5.36. The smallest absolute Gasteiger partial charge is 0.163 e. The molecule has 0 aromatic carbocycles. The molecule has 98 valence electrons. The highest BCUT2D eigenvalue weighted by Gasteiger charge is 2.42. The van der Waals surface area contributed by atoms with Crippen LogP contribution in [0.3, 0.4) is 0 Å². The predicted octanol–water partition coefficient (Wildman–Crippen LogP) is -0.612. The van der Waals surface area contributed by atoms with E-state index in [0.29, 0.717) is 0 Å². The van der Waals surface area contributed by atoms with E-state index in [0.717, 1.165) is 0 Å². The summed E-state index contributed by atoms with van der Waals surface area (Å²) in [6, 6.07) is 0. The molecule has 1 fully saturated rings. The van der Waals surface area contributed by atoms with Crippen molar-refractivity contribution in [3.8, 4) is 0 Å². The quantitative estimate of drug-likeness (QED) is 0.258. The number of aliphatic hydroxyl groups is 3. The van der Waals surface area contributed by atoms with Gasteiger partial charge < -0.3 is 24.8 Å². The summed E-state index contributed by atoms with van der Waals surface area (Å²) in [7, 11) is 0. The van der Waals surface area contributed by atoms with Gasteiger partial charge in [-0.2, -0.15) is 0 Å². The second-order valence-corrected chi connectivity index (χ2v) is 3.89. The maximum Gasteiger partial charge on any atom is 0.163 e. The Morgan fingerprint density at radius 3 is 2.71 bits per heavy atom. The van der Waals surface area contributed by atoms with E-state index in [4.69, 9.17) is 20.1 Å². The molecule has 1 heterocycles. The maximum absolute atomic E-state index is 9.72. The first kappa shape index (κ1) is 14.2. The van der Waals surface area contributed by atoms with Crippen LogP contribution in [0.2, 0.25) is 0 Å². The lowest BCUT2D eigenvalue weighted by Gasteiger charge is -2.40. The molecule has 0 saturated carbocycles. The Bertz CT molecular complexity index is 282. The normalized spacial score (nSPS) is 37.5. The van der Waals surface area contributed by atoms with Crippen molar-refractivity contribution in [1.82, 2.24) is 0 Å². The van der Waals surface area contributed by atoms with Gasteiger partial charge in [0.05, 0.1) is 19.3 Å². The highest BCUT2D eigenvalue weighted by atomic mass is 16.7. The van der Waals surface area contributed by atoms with Crippen LogP contribution in [-0.2, 0) is 9.47 Å². The van der Waals surface area contributed by atoms with Crippen LogP contribution in [0.4, 0.5) is 0 Å². The molecule has 0 spiro atoms. The molecule has 1 saturated heterocycles. The molecule has 0 amide bonds. The van der Waals surface area contributed by atoms with Gasteiger partial charge in [0.2, 0.25) is 0 Å². The zero-order valence-corrected chi connectivity index (χ0v) is 9.51. The average Bonchev–Trinajstić information content (AvgIpc) is 2.34. The fourth-order valence-corrected chi connectivity index (χ4v) is 1.67. The van der Waals surface area contributed by atoms with E-state index in [1.54, 1.807) is 6.92 Å². The van der Waals surface area contributed by atoms with Gasteiger partial charge in [0.1, 0.15) is 12.2 Å². The molecule has 0 aromatic rings. The molecule has 0 bridgehead atoms. The lowest BCUT2D eigenvalue weighted by molar-refractivity contribution is -0.281. The van der Waals surface area contributed by atoms with Crippen LogP contribution in [0.25, 0.3) is 10.4 Å². The third-order valence-corrected chi connectivity index (χ3v) is 2.72. The Morgan fingerprint density at radius 1 is 1.41 bits per heavy atom. The summed E-state index contributed by atoms with van der Waals surface area (Å²) in [4.78, 5) is 2.57. The van der Waals surface area contributed by atoms with Gasteiger partial charge in [0, 0.05) is 17.4 Å². The Kier molecular flexibility index (Phi) is 5.63. The number of hydrogen-bond donors (Lipinski definition) is 3. The summed E-state index contributed by atoms with van der Waals surface area (Å²) in [5.74, 6) is -0.432. The monoisotopic (exact) mass is 247 g/mol. The van der Waals surface area contributed by atoms with E-state index in [2.05, 4.69) is 10.0 Å². The van der Waals surface area contributed by atoms with E-state index >= 15 is 0 Å². The van der Waals surface area contributed by atoms with Crippen LogP contribution in [-0.4, -0.2) is 59.7 Å². The van der Waals surface area contributed by atoms with Crippen LogP contribution in [0.15, 0.2) is 5.11 Å². The van der Waals surface area contributed by atoms with Gasteiger partial charge in [-0.05, 0) is 5.53 Å². The van der Waals surface area contributed by atoms with E-state index in [9.17, 15) is 10.2 Å². The van der Waals surface area contributed by atoms with E-state index in [1.165, 1.54) is 0 Å². The second kappa shape index (κ2) is 6.75. The Hall–Kier alpha value is -0.890. The molecular formula is C9H17N3O5. The molecule has 1 aliphatic heterocycles. The fourth-order valence-electron chi connectivity index (χ4n) is 1.67. The average molecular weight is 247 g/mol. The van der Waals surface area contributed by atoms with Crippen LogP contribution in [0, 0.1) is 5.92 Å². The summed E-state index contributed by atoms with van der Waals surface area (Å²) in [6.45, 7) is 1.58. The van der Waals surface area contributed by atoms with Gasteiger partial charge >= 0.3 is 0 Å². The zero-order chi connectivity index (χ0) is 12.8. The lowest BCUT2D eigenvalue weighted by Crippen LogP contribution is -2.55. The summed E-state index contributed by atoms with van der Waals surface area (Å²) >= 11 is 0. The number of nitrogens with zero attached hydrogens (tertiary/aromatic N) is 3. The Balaban J connectivity index is 2.50. The zero-order valence-electron chi connectivity index (χ0n) is 9.51. The van der Waals surface area contributed by atoms with Crippen LogP contribution in [0.1, 0.15) is 6.92 Å². The largest absolute Gasteiger partial charge is 0.394 e. The number of ether oxygens (including phenoxy) is 2. The molecule has 5 atom stereocenters. The standard InChI is InChI=1S/C9H17N3O5/c1-5-7(14)8(15)6(4-13)17-9(5)16-3-2-11-12-10/h5-9,13-15H,2-4H2,1H3/t5?,6?,7-,8-,9+/m1/s1. The fraction of sp³-hybridized carbons (Fsp3) is 1.00. The Labute approximate surface area is 98.4 Å². The van der Waals surface area contributed by atoms with Crippen molar-refractivity contribution in [1.29, 1.82) is 0 Å². The first-order valence-electron chi connectivity index (χ1n) is 5.36. The molecule has 1 rings (SSSR count). The van der Waals surface area contributed by atoms with Gasteiger partial charge in [0.25, 0.3) is 0 Å². The third-order valence-electron chi connectivity index (χ3n) is 2.72.